The molecule has 0 aliphatic heterocycles. The van der Waals surface area contributed by atoms with Crippen molar-refractivity contribution >= 4 is 17.3 Å². The lowest BCUT2D eigenvalue weighted by Gasteiger charge is -2.25. The van der Waals surface area contributed by atoms with E-state index >= 15 is 0 Å². The number of rotatable bonds is 5. The van der Waals surface area contributed by atoms with Crippen molar-refractivity contribution in [2.75, 3.05) is 5.32 Å². The van der Waals surface area contributed by atoms with Gasteiger partial charge in [-0.25, -0.2) is 4.98 Å². The molecule has 2 aromatic rings. The van der Waals surface area contributed by atoms with Crippen LogP contribution in [0, 0.1) is 0 Å². The normalized spacial score (nSPS) is 18.1. The van der Waals surface area contributed by atoms with Gasteiger partial charge in [-0.05, 0) is 31.2 Å². The fourth-order valence-electron chi connectivity index (χ4n) is 3.03. The Morgan fingerprint density at radius 1 is 1.40 bits per heavy atom. The topological polar surface area (TPSA) is 29.9 Å². The Labute approximate surface area is 125 Å². The number of thiophene rings is 1. The van der Waals surface area contributed by atoms with Gasteiger partial charge in [0.2, 0.25) is 5.95 Å². The van der Waals surface area contributed by atoms with E-state index in [1.165, 1.54) is 37.0 Å². The maximum Gasteiger partial charge on any atom is 0.203 e. The molecule has 1 aliphatic carbocycles. The van der Waals surface area contributed by atoms with Crippen LogP contribution in [0.25, 0.3) is 0 Å². The van der Waals surface area contributed by atoms with Crippen LogP contribution in [0.15, 0.2) is 29.9 Å². The minimum atomic E-state index is 0.447. The molecule has 0 saturated heterocycles. The Morgan fingerprint density at radius 3 is 3.00 bits per heavy atom. The molecule has 0 radical (unpaired) electrons. The van der Waals surface area contributed by atoms with Crippen LogP contribution in [0.5, 0.6) is 0 Å². The van der Waals surface area contributed by atoms with Crippen LogP contribution < -0.4 is 5.32 Å². The van der Waals surface area contributed by atoms with E-state index in [1.807, 2.05) is 17.5 Å². The minimum Gasteiger partial charge on any atom is -0.353 e. The molecule has 3 rings (SSSR count). The van der Waals surface area contributed by atoms with Gasteiger partial charge in [0.1, 0.15) is 0 Å². The van der Waals surface area contributed by atoms with Crippen molar-refractivity contribution in [2.24, 2.45) is 0 Å². The Morgan fingerprint density at radius 2 is 2.25 bits per heavy atom. The first-order valence-corrected chi connectivity index (χ1v) is 8.52. The second-order valence-electron chi connectivity index (χ2n) is 5.77. The van der Waals surface area contributed by atoms with E-state index in [2.05, 4.69) is 45.5 Å². The van der Waals surface area contributed by atoms with E-state index in [9.17, 15) is 0 Å². The molecule has 1 aliphatic rings. The van der Waals surface area contributed by atoms with E-state index in [1.54, 1.807) is 0 Å². The molecule has 2 heterocycles. The molecule has 0 aromatic carbocycles. The van der Waals surface area contributed by atoms with Gasteiger partial charge >= 0.3 is 0 Å². The van der Waals surface area contributed by atoms with Crippen LogP contribution in [0.4, 0.5) is 5.95 Å². The summed E-state index contributed by atoms with van der Waals surface area (Å²) in [6.45, 7) is 2.27. The number of nitrogens with zero attached hydrogens (tertiary/aromatic N) is 2. The average molecular weight is 289 g/mol. The molecular formula is C16H23N3S. The van der Waals surface area contributed by atoms with Gasteiger partial charge < -0.3 is 9.88 Å². The zero-order chi connectivity index (χ0) is 13.8. The highest BCUT2D eigenvalue weighted by molar-refractivity contribution is 7.09. The molecule has 4 heteroatoms. The first-order valence-electron chi connectivity index (χ1n) is 7.64. The van der Waals surface area contributed by atoms with Crippen LogP contribution in [0.3, 0.4) is 0 Å². The molecule has 3 nitrogen and oxygen atoms in total. The van der Waals surface area contributed by atoms with Gasteiger partial charge in [-0.15, -0.1) is 11.3 Å². The van der Waals surface area contributed by atoms with Gasteiger partial charge in [-0.3, -0.25) is 0 Å². The maximum atomic E-state index is 4.52. The monoisotopic (exact) mass is 289 g/mol. The number of hydrogen-bond donors (Lipinski definition) is 1. The molecule has 20 heavy (non-hydrogen) atoms. The summed E-state index contributed by atoms with van der Waals surface area (Å²) < 4.78 is 2.29. The van der Waals surface area contributed by atoms with Crippen molar-refractivity contribution in [1.29, 1.82) is 0 Å². The van der Waals surface area contributed by atoms with Crippen LogP contribution in [0.2, 0.25) is 0 Å². The average Bonchev–Trinajstić information content (AvgIpc) is 3.11. The molecule has 1 atom stereocenters. The van der Waals surface area contributed by atoms with Crippen molar-refractivity contribution < 1.29 is 0 Å². The first kappa shape index (κ1) is 13.7. The molecule has 1 saturated carbocycles. The maximum absolute atomic E-state index is 4.52. The van der Waals surface area contributed by atoms with E-state index < -0.39 is 0 Å². The van der Waals surface area contributed by atoms with Crippen LogP contribution in [0.1, 0.15) is 49.9 Å². The molecule has 108 valence electrons. The summed E-state index contributed by atoms with van der Waals surface area (Å²) in [6, 6.07) is 5.40. The molecule has 0 bridgehead atoms. The van der Waals surface area contributed by atoms with E-state index in [0.717, 1.165) is 12.4 Å². The summed E-state index contributed by atoms with van der Waals surface area (Å²) in [5, 5.41) is 5.80. The van der Waals surface area contributed by atoms with Gasteiger partial charge in [0, 0.05) is 35.8 Å². The number of hydrogen-bond acceptors (Lipinski definition) is 3. The molecular weight excluding hydrogens is 266 g/mol. The van der Waals surface area contributed by atoms with Crippen LogP contribution in [-0.4, -0.2) is 15.6 Å². The Balaban J connectivity index is 1.65. The number of imidazole rings is 1. The van der Waals surface area contributed by atoms with Gasteiger partial charge in [-0.1, -0.05) is 25.3 Å². The van der Waals surface area contributed by atoms with Crippen molar-refractivity contribution in [3.63, 3.8) is 0 Å². The van der Waals surface area contributed by atoms with E-state index in [0.29, 0.717) is 12.1 Å². The molecule has 0 spiro atoms. The van der Waals surface area contributed by atoms with Crippen molar-refractivity contribution in [3.8, 4) is 0 Å². The fourth-order valence-corrected chi connectivity index (χ4v) is 3.85. The Hall–Kier alpha value is -1.29. The summed E-state index contributed by atoms with van der Waals surface area (Å²) in [5.41, 5.74) is 0. The Bertz CT molecular complexity index is 512. The standard InChI is InChI=1S/C16H23N3S/c1-13(12-15-8-5-11-20-15)19-10-9-17-16(19)18-14-6-3-2-4-7-14/h5,8-11,13-14H,2-4,6-7,12H2,1H3,(H,17,18). The summed E-state index contributed by atoms with van der Waals surface area (Å²) in [4.78, 5) is 5.96. The van der Waals surface area contributed by atoms with Gasteiger partial charge in [-0.2, -0.15) is 0 Å². The molecule has 0 amide bonds. The minimum absolute atomic E-state index is 0.447. The third kappa shape index (κ3) is 3.23. The van der Waals surface area contributed by atoms with Gasteiger partial charge in [0.15, 0.2) is 0 Å². The largest absolute Gasteiger partial charge is 0.353 e. The number of aromatic nitrogens is 2. The van der Waals surface area contributed by atoms with Crippen molar-refractivity contribution in [1.82, 2.24) is 9.55 Å². The quantitative estimate of drug-likeness (QED) is 0.878. The van der Waals surface area contributed by atoms with Gasteiger partial charge in [0.05, 0.1) is 0 Å². The first-order chi connectivity index (χ1) is 9.83. The second kappa shape index (κ2) is 6.44. The second-order valence-corrected chi connectivity index (χ2v) is 6.80. The summed E-state index contributed by atoms with van der Waals surface area (Å²) in [7, 11) is 0. The Kier molecular flexibility index (Phi) is 4.41. The lowest BCUT2D eigenvalue weighted by Crippen LogP contribution is -2.25. The molecule has 1 N–H and O–H groups in total. The zero-order valence-corrected chi connectivity index (χ0v) is 12.9. The SMILES string of the molecule is CC(Cc1cccs1)n1ccnc1NC1CCCCC1. The lowest BCUT2D eigenvalue weighted by atomic mass is 9.96. The summed E-state index contributed by atoms with van der Waals surface area (Å²) in [5.74, 6) is 1.04. The van der Waals surface area contributed by atoms with Crippen LogP contribution >= 0.6 is 11.3 Å². The zero-order valence-electron chi connectivity index (χ0n) is 12.1. The van der Waals surface area contributed by atoms with E-state index in [-0.39, 0.29) is 0 Å². The van der Waals surface area contributed by atoms with Crippen molar-refractivity contribution in [2.45, 2.75) is 57.5 Å². The third-order valence-corrected chi connectivity index (χ3v) is 5.06. The highest BCUT2D eigenvalue weighted by Gasteiger charge is 2.17. The number of anilines is 1. The molecule has 2 aromatic heterocycles. The van der Waals surface area contributed by atoms with Gasteiger partial charge in [0.25, 0.3) is 0 Å². The fraction of sp³-hybridized carbons (Fsp3) is 0.562. The lowest BCUT2D eigenvalue weighted by molar-refractivity contribution is 0.455. The summed E-state index contributed by atoms with van der Waals surface area (Å²) in [6.07, 6.45) is 11.7. The van der Waals surface area contributed by atoms with Crippen molar-refractivity contribution in [3.05, 3.63) is 34.8 Å². The highest BCUT2D eigenvalue weighted by Crippen LogP contribution is 2.24. The predicted molar refractivity (Wildman–Crippen MR) is 85.5 cm³/mol. The predicted octanol–water partition coefficient (Wildman–Crippen LogP) is 4.49. The third-order valence-electron chi connectivity index (χ3n) is 4.16. The molecule has 1 fully saturated rings. The summed E-state index contributed by atoms with van der Waals surface area (Å²) >= 11 is 1.84. The smallest absolute Gasteiger partial charge is 0.203 e. The highest BCUT2D eigenvalue weighted by atomic mass is 32.1. The van der Waals surface area contributed by atoms with E-state index in [4.69, 9.17) is 0 Å². The number of nitrogens with one attached hydrogen (secondary N) is 1. The molecule has 1 unspecified atom stereocenters. The van der Waals surface area contributed by atoms with Crippen LogP contribution in [-0.2, 0) is 6.42 Å².